The fraction of sp³-hybridized carbons (Fsp3) is 0.429. The van der Waals surface area contributed by atoms with Gasteiger partial charge in [-0.05, 0) is 19.1 Å². The minimum atomic E-state index is 0.00234. The van der Waals surface area contributed by atoms with Crippen molar-refractivity contribution in [1.82, 2.24) is 10.2 Å². The van der Waals surface area contributed by atoms with E-state index in [1.54, 1.807) is 0 Å². The minimum absolute atomic E-state index is 0.00234. The van der Waals surface area contributed by atoms with Crippen LogP contribution >= 0.6 is 0 Å². The van der Waals surface area contributed by atoms with Crippen molar-refractivity contribution in [2.24, 2.45) is 0 Å². The molecule has 0 bridgehead atoms. The molecule has 0 saturated heterocycles. The molecular weight excluding hydrogens is 260 g/mol. The Labute approximate surface area is 117 Å². The first-order valence-electron chi connectivity index (χ1n) is 6.59. The van der Waals surface area contributed by atoms with Crippen molar-refractivity contribution in [3.63, 3.8) is 0 Å². The average Bonchev–Trinajstić information content (AvgIpc) is 2.88. The second-order valence-electron chi connectivity index (χ2n) is 4.07. The number of ether oxygens (including phenoxy) is 2. The van der Waals surface area contributed by atoms with Crippen molar-refractivity contribution >= 4 is 0 Å². The number of benzene rings is 1. The lowest BCUT2D eigenvalue weighted by molar-refractivity contribution is 0.277. The Morgan fingerprint density at radius 1 is 1.10 bits per heavy atom. The Balaban J connectivity index is 1.81. The van der Waals surface area contributed by atoms with Crippen LogP contribution in [0.2, 0.25) is 0 Å². The molecule has 1 aromatic carbocycles. The maximum atomic E-state index is 8.76. The van der Waals surface area contributed by atoms with E-state index < -0.39 is 0 Å². The maximum Gasteiger partial charge on any atom is 0.219 e. The standard InChI is InChI=1S/C14H18N2O4/c1-2-18-11-4-3-5-12(10-11)19-9-7-14-16-15-13(20-14)6-8-17/h3-5,10,17H,2,6-9H2,1H3. The molecule has 2 aromatic rings. The third kappa shape index (κ3) is 4.24. The van der Waals surface area contributed by atoms with E-state index in [4.69, 9.17) is 19.0 Å². The molecule has 0 unspecified atom stereocenters. The first-order valence-corrected chi connectivity index (χ1v) is 6.59. The van der Waals surface area contributed by atoms with Crippen molar-refractivity contribution in [3.05, 3.63) is 36.0 Å². The molecule has 6 heteroatoms. The van der Waals surface area contributed by atoms with Gasteiger partial charge in [-0.25, -0.2) is 0 Å². The largest absolute Gasteiger partial charge is 0.494 e. The van der Waals surface area contributed by atoms with Gasteiger partial charge in [-0.2, -0.15) is 0 Å². The lowest BCUT2D eigenvalue weighted by Gasteiger charge is -2.07. The van der Waals surface area contributed by atoms with Crippen LogP contribution in [0.4, 0.5) is 0 Å². The summed E-state index contributed by atoms with van der Waals surface area (Å²) >= 11 is 0. The number of aliphatic hydroxyl groups excluding tert-OH is 1. The van der Waals surface area contributed by atoms with Crippen LogP contribution in [-0.4, -0.2) is 35.1 Å². The van der Waals surface area contributed by atoms with Crippen LogP contribution in [0, 0.1) is 0 Å². The molecule has 2 rings (SSSR count). The lowest BCUT2D eigenvalue weighted by Crippen LogP contribution is -2.02. The van der Waals surface area contributed by atoms with Gasteiger partial charge < -0.3 is 19.0 Å². The van der Waals surface area contributed by atoms with Crippen LogP contribution in [0.3, 0.4) is 0 Å². The van der Waals surface area contributed by atoms with Crippen molar-refractivity contribution in [3.8, 4) is 11.5 Å². The number of hydrogen-bond donors (Lipinski definition) is 1. The summed E-state index contributed by atoms with van der Waals surface area (Å²) in [6.07, 6.45) is 0.904. The quantitative estimate of drug-likeness (QED) is 0.790. The first kappa shape index (κ1) is 14.3. The molecule has 0 amide bonds. The SMILES string of the molecule is CCOc1cccc(OCCc2nnc(CCO)o2)c1. The van der Waals surface area contributed by atoms with Gasteiger partial charge in [-0.15, -0.1) is 10.2 Å². The third-order valence-electron chi connectivity index (χ3n) is 2.54. The van der Waals surface area contributed by atoms with E-state index in [-0.39, 0.29) is 6.61 Å². The van der Waals surface area contributed by atoms with E-state index in [0.29, 0.717) is 37.8 Å². The van der Waals surface area contributed by atoms with Crippen LogP contribution in [-0.2, 0) is 12.8 Å². The van der Waals surface area contributed by atoms with E-state index >= 15 is 0 Å². The van der Waals surface area contributed by atoms with Gasteiger partial charge in [0.05, 0.1) is 26.2 Å². The van der Waals surface area contributed by atoms with E-state index in [0.717, 1.165) is 11.5 Å². The summed E-state index contributed by atoms with van der Waals surface area (Å²) < 4.78 is 16.3. The van der Waals surface area contributed by atoms with Gasteiger partial charge in [0.1, 0.15) is 11.5 Å². The average molecular weight is 278 g/mol. The monoisotopic (exact) mass is 278 g/mol. The zero-order valence-electron chi connectivity index (χ0n) is 11.4. The highest BCUT2D eigenvalue weighted by molar-refractivity contribution is 5.32. The van der Waals surface area contributed by atoms with Gasteiger partial charge in [0.2, 0.25) is 11.8 Å². The highest BCUT2D eigenvalue weighted by Crippen LogP contribution is 2.19. The molecule has 108 valence electrons. The van der Waals surface area contributed by atoms with Gasteiger partial charge in [0.25, 0.3) is 0 Å². The Bertz CT molecular complexity index is 527. The van der Waals surface area contributed by atoms with Gasteiger partial charge in [0.15, 0.2) is 0 Å². The molecule has 6 nitrogen and oxygen atoms in total. The summed E-state index contributed by atoms with van der Waals surface area (Å²) in [5.41, 5.74) is 0. The Hall–Kier alpha value is -2.08. The maximum absolute atomic E-state index is 8.76. The molecule has 1 aromatic heterocycles. The number of aromatic nitrogens is 2. The first-order chi connectivity index (χ1) is 9.81. The molecule has 0 aliphatic carbocycles. The van der Waals surface area contributed by atoms with Crippen molar-refractivity contribution in [2.75, 3.05) is 19.8 Å². The van der Waals surface area contributed by atoms with E-state index in [9.17, 15) is 0 Å². The zero-order valence-corrected chi connectivity index (χ0v) is 11.4. The molecule has 0 radical (unpaired) electrons. The fourth-order valence-electron chi connectivity index (χ4n) is 1.66. The van der Waals surface area contributed by atoms with Gasteiger partial charge in [-0.3, -0.25) is 0 Å². The predicted molar refractivity (Wildman–Crippen MR) is 71.9 cm³/mol. The van der Waals surface area contributed by atoms with Crippen LogP contribution < -0.4 is 9.47 Å². The molecule has 0 spiro atoms. The molecule has 0 aliphatic heterocycles. The molecule has 0 aliphatic rings. The van der Waals surface area contributed by atoms with Crippen LogP contribution in [0.1, 0.15) is 18.7 Å². The molecular formula is C14H18N2O4. The van der Waals surface area contributed by atoms with Crippen molar-refractivity contribution < 1.29 is 19.0 Å². The van der Waals surface area contributed by atoms with Crippen molar-refractivity contribution in [2.45, 2.75) is 19.8 Å². The van der Waals surface area contributed by atoms with Crippen LogP contribution in [0.15, 0.2) is 28.7 Å². The second-order valence-corrected chi connectivity index (χ2v) is 4.07. The summed E-state index contributed by atoms with van der Waals surface area (Å²) in [7, 11) is 0. The summed E-state index contributed by atoms with van der Waals surface area (Å²) in [6.45, 7) is 3.00. The smallest absolute Gasteiger partial charge is 0.219 e. The van der Waals surface area contributed by atoms with E-state index in [1.807, 2.05) is 31.2 Å². The Kier molecular flexibility index (Phi) is 5.37. The Morgan fingerprint density at radius 3 is 2.50 bits per heavy atom. The van der Waals surface area contributed by atoms with Crippen molar-refractivity contribution in [1.29, 1.82) is 0 Å². The highest BCUT2D eigenvalue weighted by atomic mass is 16.5. The normalized spacial score (nSPS) is 10.5. The van der Waals surface area contributed by atoms with Gasteiger partial charge >= 0.3 is 0 Å². The minimum Gasteiger partial charge on any atom is -0.494 e. The lowest BCUT2D eigenvalue weighted by atomic mass is 10.3. The zero-order chi connectivity index (χ0) is 14.2. The molecule has 1 N–H and O–H groups in total. The van der Waals surface area contributed by atoms with E-state index in [1.165, 1.54) is 0 Å². The van der Waals surface area contributed by atoms with Gasteiger partial charge in [-0.1, -0.05) is 6.07 Å². The summed E-state index contributed by atoms with van der Waals surface area (Å²) in [5.74, 6) is 2.48. The highest BCUT2D eigenvalue weighted by Gasteiger charge is 2.06. The fourth-order valence-corrected chi connectivity index (χ4v) is 1.66. The summed E-state index contributed by atoms with van der Waals surface area (Å²) in [4.78, 5) is 0. The third-order valence-corrected chi connectivity index (χ3v) is 2.54. The summed E-state index contributed by atoms with van der Waals surface area (Å²) in [5, 5.41) is 16.5. The Morgan fingerprint density at radius 2 is 1.80 bits per heavy atom. The number of aliphatic hydroxyl groups is 1. The van der Waals surface area contributed by atoms with Gasteiger partial charge in [0, 0.05) is 12.5 Å². The van der Waals surface area contributed by atoms with Crippen LogP contribution in [0.5, 0.6) is 11.5 Å². The van der Waals surface area contributed by atoms with Crippen LogP contribution in [0.25, 0.3) is 0 Å². The molecule has 0 saturated carbocycles. The van der Waals surface area contributed by atoms with E-state index in [2.05, 4.69) is 10.2 Å². The number of nitrogens with zero attached hydrogens (tertiary/aromatic N) is 2. The number of hydrogen-bond acceptors (Lipinski definition) is 6. The predicted octanol–water partition coefficient (Wildman–Crippen LogP) is 1.62. The molecule has 0 atom stereocenters. The molecule has 0 fully saturated rings. The second kappa shape index (κ2) is 7.49. The summed E-state index contributed by atoms with van der Waals surface area (Å²) in [6, 6.07) is 7.48. The number of rotatable bonds is 8. The molecule has 20 heavy (non-hydrogen) atoms. The molecule has 1 heterocycles. The topological polar surface area (TPSA) is 77.6 Å².